The zero-order chi connectivity index (χ0) is 17.9. The highest BCUT2D eigenvalue weighted by Gasteiger charge is 2.12. The van der Waals surface area contributed by atoms with Gasteiger partial charge in [0.25, 0.3) is 0 Å². The van der Waals surface area contributed by atoms with Crippen LogP contribution < -0.4 is 5.32 Å². The summed E-state index contributed by atoms with van der Waals surface area (Å²) in [5.74, 6) is 0.792. The number of anilines is 1. The Balaban J connectivity index is 1.83. The normalized spacial score (nSPS) is 13.3. The van der Waals surface area contributed by atoms with Gasteiger partial charge in [-0.15, -0.1) is 5.11 Å². The van der Waals surface area contributed by atoms with E-state index in [4.69, 9.17) is 16.6 Å². The number of aromatic nitrogens is 1. The van der Waals surface area contributed by atoms with E-state index in [0.717, 1.165) is 39.6 Å². The van der Waals surface area contributed by atoms with E-state index in [2.05, 4.69) is 15.5 Å². The Bertz CT molecular complexity index is 1010. The van der Waals surface area contributed by atoms with Crippen LogP contribution in [0.25, 0.3) is 22.5 Å². The molecule has 0 fully saturated rings. The first-order chi connectivity index (χ1) is 12.7. The molecule has 0 bridgehead atoms. The van der Waals surface area contributed by atoms with E-state index >= 15 is 0 Å². The van der Waals surface area contributed by atoms with E-state index in [0.29, 0.717) is 11.6 Å². The third-order valence-corrected chi connectivity index (χ3v) is 4.52. The van der Waals surface area contributed by atoms with Crippen molar-refractivity contribution in [2.24, 2.45) is 10.2 Å². The molecule has 2 aromatic carbocycles. The average Bonchev–Trinajstić information content (AvgIpc) is 3.07. The van der Waals surface area contributed by atoms with Crippen LogP contribution in [0, 0.1) is 0 Å². The van der Waals surface area contributed by atoms with Crippen LogP contribution in [-0.2, 0) is 0 Å². The van der Waals surface area contributed by atoms with Gasteiger partial charge in [0.05, 0.1) is 17.9 Å². The van der Waals surface area contributed by atoms with Crippen molar-refractivity contribution in [1.82, 2.24) is 4.98 Å². The molecule has 0 atom stereocenters. The lowest BCUT2D eigenvalue weighted by molar-refractivity contribution is 1.09. The van der Waals surface area contributed by atoms with Crippen LogP contribution in [0.2, 0.25) is 5.02 Å². The number of rotatable bonds is 4. The molecule has 0 amide bonds. The number of halogens is 1. The van der Waals surface area contributed by atoms with Crippen molar-refractivity contribution in [1.29, 1.82) is 0 Å². The molecule has 4 nitrogen and oxygen atoms in total. The van der Waals surface area contributed by atoms with Gasteiger partial charge in [0.2, 0.25) is 0 Å². The first-order valence-corrected chi connectivity index (χ1v) is 8.75. The number of pyridine rings is 1. The zero-order valence-corrected chi connectivity index (χ0v) is 15.0. The summed E-state index contributed by atoms with van der Waals surface area (Å²) >= 11 is 6.40. The summed E-state index contributed by atoms with van der Waals surface area (Å²) in [6.45, 7) is 2.66. The molecule has 0 spiro atoms. The van der Waals surface area contributed by atoms with E-state index in [1.165, 1.54) is 0 Å². The second-order valence-electron chi connectivity index (χ2n) is 6.13. The fraction of sp³-hybridized carbons (Fsp3) is 0.0952. The number of hydrogen-bond acceptors (Lipinski definition) is 4. The Kier molecular flexibility index (Phi) is 4.50. The van der Waals surface area contributed by atoms with Crippen molar-refractivity contribution < 1.29 is 0 Å². The fourth-order valence-corrected chi connectivity index (χ4v) is 3.04. The minimum Gasteiger partial charge on any atom is -0.339 e. The zero-order valence-electron chi connectivity index (χ0n) is 14.3. The average molecular weight is 361 g/mol. The van der Waals surface area contributed by atoms with Crippen LogP contribution in [0.5, 0.6) is 0 Å². The smallest absolute Gasteiger partial charge is 0.153 e. The number of nitrogens with zero attached hydrogens (tertiary/aromatic N) is 3. The van der Waals surface area contributed by atoms with E-state index in [1.807, 2.05) is 73.7 Å². The number of benzene rings is 2. The standard InChI is InChI=1S/C21H17ClN4/c1-14-13-23-26-21(14)24-16-11-19(15-7-3-2-4-8-15)25-20(12-16)17-9-5-6-10-18(17)22/h2-12H,13H2,1H3,(H,24,25). The summed E-state index contributed by atoms with van der Waals surface area (Å²) < 4.78 is 0. The van der Waals surface area contributed by atoms with Crippen molar-refractivity contribution in [3.05, 3.63) is 83.1 Å². The van der Waals surface area contributed by atoms with Gasteiger partial charge in [0.1, 0.15) is 0 Å². The predicted molar refractivity (Wildman–Crippen MR) is 106 cm³/mol. The SMILES string of the molecule is CC1=C(Nc2cc(-c3ccccc3)nc(-c3ccccc3Cl)c2)N=NC1. The van der Waals surface area contributed by atoms with Gasteiger partial charge in [0, 0.05) is 21.8 Å². The first kappa shape index (κ1) is 16.5. The largest absolute Gasteiger partial charge is 0.339 e. The summed E-state index contributed by atoms with van der Waals surface area (Å²) in [6.07, 6.45) is 0. The van der Waals surface area contributed by atoms with Gasteiger partial charge in [-0.3, -0.25) is 0 Å². The van der Waals surface area contributed by atoms with E-state index in [1.54, 1.807) is 0 Å². The monoisotopic (exact) mass is 360 g/mol. The van der Waals surface area contributed by atoms with Crippen LogP contribution in [0.3, 0.4) is 0 Å². The Labute approximate surface area is 157 Å². The van der Waals surface area contributed by atoms with Crippen LogP contribution in [0.4, 0.5) is 5.69 Å². The molecule has 4 rings (SSSR count). The van der Waals surface area contributed by atoms with Crippen LogP contribution in [0.15, 0.2) is 88.4 Å². The molecule has 1 N–H and O–H groups in total. The van der Waals surface area contributed by atoms with E-state index < -0.39 is 0 Å². The van der Waals surface area contributed by atoms with Crippen molar-refractivity contribution in [2.75, 3.05) is 11.9 Å². The van der Waals surface area contributed by atoms with Gasteiger partial charge in [-0.2, -0.15) is 5.11 Å². The van der Waals surface area contributed by atoms with Crippen LogP contribution >= 0.6 is 11.6 Å². The third kappa shape index (κ3) is 3.37. The van der Waals surface area contributed by atoms with Gasteiger partial charge < -0.3 is 5.32 Å². The number of azo groups is 1. The molecule has 0 aliphatic carbocycles. The molecule has 1 aliphatic heterocycles. The highest BCUT2D eigenvalue weighted by molar-refractivity contribution is 6.33. The minimum absolute atomic E-state index is 0.635. The molecule has 0 saturated carbocycles. The lowest BCUT2D eigenvalue weighted by Gasteiger charge is -2.12. The first-order valence-electron chi connectivity index (χ1n) is 8.37. The van der Waals surface area contributed by atoms with Crippen molar-refractivity contribution >= 4 is 17.3 Å². The molecule has 0 saturated heterocycles. The fourth-order valence-electron chi connectivity index (χ4n) is 2.81. The molecule has 0 radical (unpaired) electrons. The number of nitrogens with one attached hydrogen (secondary N) is 1. The molecule has 5 heteroatoms. The van der Waals surface area contributed by atoms with Crippen molar-refractivity contribution in [3.63, 3.8) is 0 Å². The Morgan fingerprint density at radius 2 is 1.65 bits per heavy atom. The minimum atomic E-state index is 0.635. The lowest BCUT2D eigenvalue weighted by Crippen LogP contribution is -2.00. The summed E-state index contributed by atoms with van der Waals surface area (Å²) in [6, 6.07) is 21.8. The Morgan fingerprint density at radius 1 is 0.923 bits per heavy atom. The molecule has 0 unspecified atom stereocenters. The quantitative estimate of drug-likeness (QED) is 0.604. The molecule has 26 heavy (non-hydrogen) atoms. The van der Waals surface area contributed by atoms with Crippen molar-refractivity contribution in [2.45, 2.75) is 6.92 Å². The molecular weight excluding hydrogens is 344 g/mol. The van der Waals surface area contributed by atoms with Gasteiger partial charge in [0.15, 0.2) is 5.82 Å². The van der Waals surface area contributed by atoms with E-state index in [-0.39, 0.29) is 0 Å². The topological polar surface area (TPSA) is 49.6 Å². The van der Waals surface area contributed by atoms with E-state index in [9.17, 15) is 0 Å². The molecular formula is C21H17ClN4. The summed E-state index contributed by atoms with van der Waals surface area (Å²) in [5.41, 5.74) is 5.65. The van der Waals surface area contributed by atoms with Gasteiger partial charge >= 0.3 is 0 Å². The molecule has 3 aromatic rings. The van der Waals surface area contributed by atoms with Crippen LogP contribution in [0.1, 0.15) is 6.92 Å². The lowest BCUT2D eigenvalue weighted by atomic mass is 10.1. The summed E-state index contributed by atoms with van der Waals surface area (Å²) in [5, 5.41) is 12.3. The third-order valence-electron chi connectivity index (χ3n) is 4.19. The molecule has 2 heterocycles. The maximum Gasteiger partial charge on any atom is 0.153 e. The summed E-state index contributed by atoms with van der Waals surface area (Å²) in [7, 11) is 0. The number of hydrogen-bond donors (Lipinski definition) is 1. The van der Waals surface area contributed by atoms with Crippen molar-refractivity contribution in [3.8, 4) is 22.5 Å². The van der Waals surface area contributed by atoms with Crippen LogP contribution in [-0.4, -0.2) is 11.5 Å². The highest BCUT2D eigenvalue weighted by Crippen LogP contribution is 2.32. The Morgan fingerprint density at radius 3 is 2.38 bits per heavy atom. The molecule has 128 valence electrons. The predicted octanol–water partition coefficient (Wildman–Crippen LogP) is 6.18. The van der Waals surface area contributed by atoms with Gasteiger partial charge in [-0.05, 0) is 30.7 Å². The van der Waals surface area contributed by atoms with Gasteiger partial charge in [-0.1, -0.05) is 60.1 Å². The molecule has 1 aromatic heterocycles. The molecule has 1 aliphatic rings. The maximum atomic E-state index is 6.40. The second-order valence-corrected chi connectivity index (χ2v) is 6.53. The Hall–Kier alpha value is -2.98. The maximum absolute atomic E-state index is 6.40. The second kappa shape index (κ2) is 7.10. The highest BCUT2D eigenvalue weighted by atomic mass is 35.5. The summed E-state index contributed by atoms with van der Waals surface area (Å²) in [4.78, 5) is 4.83. The van der Waals surface area contributed by atoms with Gasteiger partial charge in [-0.25, -0.2) is 4.98 Å².